The van der Waals surface area contributed by atoms with Gasteiger partial charge >= 0.3 is 0 Å². The first-order valence-corrected chi connectivity index (χ1v) is 7.84. The number of aryl methyl sites for hydroxylation is 1. The molecule has 126 valence electrons. The number of hydrogen-bond acceptors (Lipinski definition) is 4. The Labute approximate surface area is 157 Å². The van der Waals surface area contributed by atoms with Crippen LogP contribution >= 0.6 is 35.3 Å². The summed E-state index contributed by atoms with van der Waals surface area (Å²) in [6.45, 7) is 2.72. The van der Waals surface area contributed by atoms with E-state index in [1.165, 1.54) is 9.75 Å². The fourth-order valence-corrected chi connectivity index (χ4v) is 2.84. The molecule has 0 aliphatic heterocycles. The molecule has 0 unspecified atom stereocenters. The van der Waals surface area contributed by atoms with Crippen molar-refractivity contribution in [3.63, 3.8) is 0 Å². The summed E-state index contributed by atoms with van der Waals surface area (Å²) in [6, 6.07) is 9.73. The van der Waals surface area contributed by atoms with Gasteiger partial charge in [0.1, 0.15) is 0 Å². The summed E-state index contributed by atoms with van der Waals surface area (Å²) in [6.07, 6.45) is 1.05. The number of rotatable bonds is 6. The predicted molar refractivity (Wildman–Crippen MR) is 108 cm³/mol. The van der Waals surface area contributed by atoms with Crippen molar-refractivity contribution in [2.24, 2.45) is 10.7 Å². The van der Waals surface area contributed by atoms with E-state index < -0.39 is 0 Å². The number of nitrogens with one attached hydrogen (secondary N) is 1. The van der Waals surface area contributed by atoms with Gasteiger partial charge in [0.2, 0.25) is 0 Å². The highest BCUT2D eigenvalue weighted by atomic mass is 127. The molecular formula is C16H22IN3O2S. The largest absolute Gasteiger partial charge is 0.493 e. The molecule has 23 heavy (non-hydrogen) atoms. The number of halogens is 1. The Morgan fingerprint density at radius 2 is 1.83 bits per heavy atom. The van der Waals surface area contributed by atoms with Crippen LogP contribution in [0.5, 0.6) is 11.5 Å². The number of nitrogens with zero attached hydrogens (tertiary/aromatic N) is 1. The van der Waals surface area contributed by atoms with Crippen molar-refractivity contribution in [2.45, 2.75) is 19.9 Å². The lowest BCUT2D eigenvalue weighted by atomic mass is 10.3. The molecule has 5 nitrogen and oxygen atoms in total. The van der Waals surface area contributed by atoms with E-state index in [0.29, 0.717) is 24.0 Å². The Balaban J connectivity index is 0.00000264. The SMILES string of the molecule is CCc1ccc(CN=C(N)Nc2ccc(OC)c(OC)c2)s1.I. The quantitative estimate of drug-likeness (QED) is 0.401. The Kier molecular flexibility index (Phi) is 8.18. The predicted octanol–water partition coefficient (Wildman–Crippen LogP) is 3.87. The monoisotopic (exact) mass is 447 g/mol. The average molecular weight is 447 g/mol. The van der Waals surface area contributed by atoms with Crippen LogP contribution in [0.2, 0.25) is 0 Å². The van der Waals surface area contributed by atoms with E-state index in [1.54, 1.807) is 25.6 Å². The van der Waals surface area contributed by atoms with E-state index in [1.807, 2.05) is 18.2 Å². The second-order valence-electron chi connectivity index (χ2n) is 4.62. The Morgan fingerprint density at radius 3 is 2.43 bits per heavy atom. The number of ether oxygens (including phenoxy) is 2. The Bertz CT molecular complexity index is 659. The van der Waals surface area contributed by atoms with Gasteiger partial charge in [-0.1, -0.05) is 6.92 Å². The lowest BCUT2D eigenvalue weighted by Crippen LogP contribution is -2.22. The van der Waals surface area contributed by atoms with Crippen molar-refractivity contribution < 1.29 is 9.47 Å². The molecule has 0 aliphatic rings. The van der Waals surface area contributed by atoms with Gasteiger partial charge in [0.15, 0.2) is 17.5 Å². The van der Waals surface area contributed by atoms with Crippen LogP contribution in [0.4, 0.5) is 5.69 Å². The summed E-state index contributed by atoms with van der Waals surface area (Å²) in [4.78, 5) is 6.92. The first kappa shape index (κ1) is 19.6. The van der Waals surface area contributed by atoms with E-state index in [0.717, 1.165) is 12.1 Å². The third-order valence-corrected chi connectivity index (χ3v) is 4.34. The highest BCUT2D eigenvalue weighted by Gasteiger charge is 2.05. The van der Waals surface area contributed by atoms with Gasteiger partial charge in [-0.05, 0) is 30.7 Å². The topological polar surface area (TPSA) is 68.9 Å². The number of thiophene rings is 1. The van der Waals surface area contributed by atoms with Crippen LogP contribution in [-0.4, -0.2) is 20.2 Å². The first-order valence-electron chi connectivity index (χ1n) is 7.02. The lowest BCUT2D eigenvalue weighted by Gasteiger charge is -2.10. The molecule has 0 radical (unpaired) electrons. The fourth-order valence-electron chi connectivity index (χ4n) is 1.96. The number of methoxy groups -OCH3 is 2. The molecule has 2 rings (SSSR count). The van der Waals surface area contributed by atoms with Crippen molar-refractivity contribution >= 4 is 47.0 Å². The third kappa shape index (κ3) is 5.58. The number of guanidine groups is 1. The maximum absolute atomic E-state index is 5.93. The number of nitrogens with two attached hydrogens (primary N) is 1. The minimum absolute atomic E-state index is 0. The van der Waals surface area contributed by atoms with Gasteiger partial charge in [0, 0.05) is 21.5 Å². The Morgan fingerprint density at radius 1 is 1.13 bits per heavy atom. The number of aliphatic imine (C=N–C) groups is 1. The standard InChI is InChI=1S/C16H21N3O2S.HI/c1-4-12-6-7-13(22-12)10-18-16(17)19-11-5-8-14(20-2)15(9-11)21-3;/h5-9H,4,10H2,1-3H3,(H3,17,18,19);1H. The molecule has 0 saturated heterocycles. The number of benzene rings is 1. The van der Waals surface area contributed by atoms with Gasteiger partial charge in [-0.3, -0.25) is 0 Å². The molecule has 0 bridgehead atoms. The summed E-state index contributed by atoms with van der Waals surface area (Å²) in [5, 5.41) is 3.06. The second-order valence-corrected chi connectivity index (χ2v) is 5.87. The molecule has 0 atom stereocenters. The third-order valence-electron chi connectivity index (χ3n) is 3.13. The van der Waals surface area contributed by atoms with E-state index in [9.17, 15) is 0 Å². The highest BCUT2D eigenvalue weighted by Crippen LogP contribution is 2.29. The zero-order chi connectivity index (χ0) is 15.9. The number of anilines is 1. The van der Waals surface area contributed by atoms with E-state index in [-0.39, 0.29) is 24.0 Å². The molecule has 1 heterocycles. The molecule has 0 amide bonds. The molecule has 2 aromatic rings. The molecule has 3 N–H and O–H groups in total. The van der Waals surface area contributed by atoms with Crippen LogP contribution < -0.4 is 20.5 Å². The van der Waals surface area contributed by atoms with Crippen molar-refractivity contribution in [3.05, 3.63) is 40.1 Å². The Hall–Kier alpha value is -1.48. The van der Waals surface area contributed by atoms with Gasteiger partial charge in [-0.25, -0.2) is 4.99 Å². The maximum atomic E-state index is 5.93. The van der Waals surface area contributed by atoms with Gasteiger partial charge in [-0.2, -0.15) is 0 Å². The minimum atomic E-state index is 0. The molecular weight excluding hydrogens is 425 g/mol. The van der Waals surface area contributed by atoms with Crippen LogP contribution in [0.1, 0.15) is 16.7 Å². The van der Waals surface area contributed by atoms with Crippen molar-refractivity contribution in [1.29, 1.82) is 0 Å². The zero-order valence-corrected chi connectivity index (χ0v) is 16.6. The van der Waals surface area contributed by atoms with Crippen molar-refractivity contribution in [3.8, 4) is 11.5 Å². The lowest BCUT2D eigenvalue weighted by molar-refractivity contribution is 0.355. The van der Waals surface area contributed by atoms with Gasteiger partial charge in [0.05, 0.1) is 20.8 Å². The molecule has 7 heteroatoms. The van der Waals surface area contributed by atoms with Crippen molar-refractivity contribution in [1.82, 2.24) is 0 Å². The highest BCUT2D eigenvalue weighted by molar-refractivity contribution is 14.0. The average Bonchev–Trinajstić information content (AvgIpc) is 3.01. The smallest absolute Gasteiger partial charge is 0.193 e. The van der Waals surface area contributed by atoms with Crippen LogP contribution in [0.25, 0.3) is 0 Å². The van der Waals surface area contributed by atoms with Gasteiger partial charge < -0.3 is 20.5 Å². The summed E-state index contributed by atoms with van der Waals surface area (Å²) in [7, 11) is 3.20. The van der Waals surface area contributed by atoms with E-state index in [4.69, 9.17) is 15.2 Å². The van der Waals surface area contributed by atoms with Gasteiger partial charge in [0.25, 0.3) is 0 Å². The fraction of sp³-hybridized carbons (Fsp3) is 0.312. The first-order chi connectivity index (χ1) is 10.7. The molecule has 0 fully saturated rings. The maximum Gasteiger partial charge on any atom is 0.193 e. The zero-order valence-electron chi connectivity index (χ0n) is 13.5. The van der Waals surface area contributed by atoms with Crippen LogP contribution in [-0.2, 0) is 13.0 Å². The van der Waals surface area contributed by atoms with Crippen LogP contribution in [0.15, 0.2) is 35.3 Å². The molecule has 0 saturated carbocycles. The van der Waals surface area contributed by atoms with E-state index in [2.05, 4.69) is 29.4 Å². The molecule has 0 spiro atoms. The number of hydrogen-bond donors (Lipinski definition) is 2. The molecule has 0 aliphatic carbocycles. The van der Waals surface area contributed by atoms with Crippen LogP contribution in [0, 0.1) is 0 Å². The normalized spacial score (nSPS) is 10.8. The van der Waals surface area contributed by atoms with Gasteiger partial charge in [-0.15, -0.1) is 35.3 Å². The van der Waals surface area contributed by atoms with Crippen LogP contribution in [0.3, 0.4) is 0 Å². The molecule has 1 aromatic heterocycles. The minimum Gasteiger partial charge on any atom is -0.493 e. The second kappa shape index (κ2) is 9.61. The summed E-state index contributed by atoms with van der Waals surface area (Å²) in [5.74, 6) is 1.69. The molecule has 1 aromatic carbocycles. The van der Waals surface area contributed by atoms with E-state index >= 15 is 0 Å². The summed E-state index contributed by atoms with van der Waals surface area (Å²) < 4.78 is 10.5. The van der Waals surface area contributed by atoms with Crippen molar-refractivity contribution in [2.75, 3.05) is 19.5 Å². The summed E-state index contributed by atoms with van der Waals surface area (Å²) >= 11 is 1.77. The summed E-state index contributed by atoms with van der Waals surface area (Å²) in [5.41, 5.74) is 6.73.